The summed E-state index contributed by atoms with van der Waals surface area (Å²) in [7, 11) is 1.56. The van der Waals surface area contributed by atoms with Crippen LogP contribution in [0.5, 0.6) is 11.5 Å². The molecule has 0 heterocycles. The second-order valence-electron chi connectivity index (χ2n) is 5.02. The number of anilines is 1. The predicted octanol–water partition coefficient (Wildman–Crippen LogP) is 4.39. The van der Waals surface area contributed by atoms with Gasteiger partial charge in [0.25, 0.3) is 5.91 Å². The molecule has 26 heavy (non-hydrogen) atoms. The van der Waals surface area contributed by atoms with Crippen LogP contribution in [-0.4, -0.2) is 32.4 Å². The zero-order valence-electron chi connectivity index (χ0n) is 14.3. The maximum Gasteiger partial charge on any atom is 0.265 e. The van der Waals surface area contributed by atoms with Gasteiger partial charge in [-0.15, -0.1) is 0 Å². The highest BCUT2D eigenvalue weighted by molar-refractivity contribution is 6.35. The van der Waals surface area contributed by atoms with Gasteiger partial charge in [0, 0.05) is 10.6 Å². The summed E-state index contributed by atoms with van der Waals surface area (Å²) in [6.07, 6.45) is 1.47. The minimum atomic E-state index is -0.407. The molecule has 1 N–H and O–H groups in total. The van der Waals surface area contributed by atoms with Crippen molar-refractivity contribution in [1.29, 1.82) is 0 Å². The predicted molar refractivity (Wildman–Crippen MR) is 103 cm³/mol. The van der Waals surface area contributed by atoms with Crippen LogP contribution in [0.1, 0.15) is 12.5 Å². The molecule has 2 aromatic carbocycles. The van der Waals surface area contributed by atoms with Crippen LogP contribution in [0, 0.1) is 0 Å². The number of methoxy groups -OCH3 is 1. The van der Waals surface area contributed by atoms with Crippen LogP contribution in [0.2, 0.25) is 10.0 Å². The minimum absolute atomic E-state index is 0.270. The number of nitrogens with one attached hydrogen (secondary N) is 1. The summed E-state index contributed by atoms with van der Waals surface area (Å²) in [5.41, 5.74) is 1.15. The third kappa shape index (κ3) is 5.82. The van der Waals surface area contributed by atoms with Gasteiger partial charge in [-0.1, -0.05) is 28.4 Å². The van der Waals surface area contributed by atoms with Gasteiger partial charge in [0.2, 0.25) is 0 Å². The monoisotopic (exact) mass is 396 g/mol. The van der Waals surface area contributed by atoms with Crippen LogP contribution >= 0.6 is 23.2 Å². The van der Waals surface area contributed by atoms with Crippen molar-refractivity contribution in [2.45, 2.75) is 6.92 Å². The molecule has 0 saturated carbocycles. The molecule has 2 aromatic rings. The largest absolute Gasteiger partial charge is 0.493 e. The zero-order chi connectivity index (χ0) is 18.9. The molecule has 0 aliphatic heterocycles. The molecule has 0 saturated heterocycles. The Balaban J connectivity index is 1.88. The second-order valence-corrected chi connectivity index (χ2v) is 5.87. The third-order valence-electron chi connectivity index (χ3n) is 3.16. The van der Waals surface area contributed by atoms with Crippen LogP contribution in [0.3, 0.4) is 0 Å². The van der Waals surface area contributed by atoms with Crippen LogP contribution in [0.25, 0.3) is 0 Å². The van der Waals surface area contributed by atoms with Crippen molar-refractivity contribution >= 4 is 41.0 Å². The molecule has 1 amide bonds. The highest BCUT2D eigenvalue weighted by atomic mass is 35.5. The first-order chi connectivity index (χ1) is 12.5. The number of oxime groups is 1. The van der Waals surface area contributed by atoms with Crippen LogP contribution < -0.4 is 14.8 Å². The minimum Gasteiger partial charge on any atom is -0.493 e. The van der Waals surface area contributed by atoms with Crippen molar-refractivity contribution in [2.75, 3.05) is 25.6 Å². The molecule has 0 spiro atoms. The first-order valence-electron chi connectivity index (χ1n) is 7.74. The quantitative estimate of drug-likeness (QED) is 0.530. The average molecular weight is 397 g/mol. The van der Waals surface area contributed by atoms with E-state index in [1.807, 2.05) is 6.92 Å². The fraction of sp³-hybridized carbons (Fsp3) is 0.222. The number of carbonyl (C=O) groups is 1. The topological polar surface area (TPSA) is 69.2 Å². The average Bonchev–Trinajstić information content (AvgIpc) is 2.63. The van der Waals surface area contributed by atoms with Gasteiger partial charge in [0.15, 0.2) is 18.1 Å². The lowest BCUT2D eigenvalue weighted by molar-refractivity contribution is -0.120. The maximum atomic E-state index is 11.9. The van der Waals surface area contributed by atoms with Crippen LogP contribution in [0.15, 0.2) is 41.6 Å². The van der Waals surface area contributed by atoms with E-state index in [-0.39, 0.29) is 6.61 Å². The van der Waals surface area contributed by atoms with E-state index in [2.05, 4.69) is 10.5 Å². The van der Waals surface area contributed by atoms with Gasteiger partial charge in [0.1, 0.15) is 0 Å². The van der Waals surface area contributed by atoms with Crippen molar-refractivity contribution in [1.82, 2.24) is 0 Å². The first kappa shape index (κ1) is 19.9. The fourth-order valence-electron chi connectivity index (χ4n) is 2.01. The third-order valence-corrected chi connectivity index (χ3v) is 3.73. The summed E-state index contributed by atoms with van der Waals surface area (Å²) >= 11 is 11.8. The molecule has 6 nitrogen and oxygen atoms in total. The van der Waals surface area contributed by atoms with Gasteiger partial charge in [-0.05, 0) is 43.3 Å². The Kier molecular flexibility index (Phi) is 7.56. The molecule has 0 fully saturated rings. The Hall–Kier alpha value is -2.44. The molecule has 0 aliphatic carbocycles. The van der Waals surface area contributed by atoms with Gasteiger partial charge >= 0.3 is 0 Å². The van der Waals surface area contributed by atoms with Crippen LogP contribution in [-0.2, 0) is 9.63 Å². The normalized spacial score (nSPS) is 10.6. The standard InChI is InChI=1S/C18H18Cl2N2O4/c1-3-25-16-7-4-12(8-17(16)24-2)10-21-26-11-18(23)22-15-9-13(19)5-6-14(15)20/h4-10H,3,11H2,1-2H3,(H,22,23)/b21-10-. The van der Waals surface area contributed by atoms with E-state index in [0.717, 1.165) is 5.56 Å². The summed E-state index contributed by atoms with van der Waals surface area (Å²) in [5, 5.41) is 7.22. The molecule has 2 rings (SSSR count). The van der Waals surface area contributed by atoms with Crippen molar-refractivity contribution in [2.24, 2.45) is 5.16 Å². The van der Waals surface area contributed by atoms with Crippen molar-refractivity contribution < 1.29 is 19.1 Å². The Bertz CT molecular complexity index is 797. The van der Waals surface area contributed by atoms with Crippen LogP contribution in [0.4, 0.5) is 5.69 Å². The number of rotatable bonds is 8. The van der Waals surface area contributed by atoms with Gasteiger partial charge in [-0.3, -0.25) is 4.79 Å². The number of halogens is 2. The summed E-state index contributed by atoms with van der Waals surface area (Å²) in [6, 6.07) is 10.1. The molecule has 0 bridgehead atoms. The van der Waals surface area contributed by atoms with E-state index in [9.17, 15) is 4.79 Å². The van der Waals surface area contributed by atoms with Crippen molar-refractivity contribution in [3.05, 3.63) is 52.0 Å². The van der Waals surface area contributed by atoms with Crippen molar-refractivity contribution in [3.8, 4) is 11.5 Å². The van der Waals surface area contributed by atoms with E-state index in [1.54, 1.807) is 43.5 Å². The van der Waals surface area contributed by atoms with E-state index >= 15 is 0 Å². The first-order valence-corrected chi connectivity index (χ1v) is 8.50. The fourth-order valence-corrected chi connectivity index (χ4v) is 2.35. The second kappa shape index (κ2) is 9.89. The van der Waals surface area contributed by atoms with Gasteiger partial charge in [-0.2, -0.15) is 0 Å². The number of amides is 1. The number of benzene rings is 2. The highest BCUT2D eigenvalue weighted by Crippen LogP contribution is 2.27. The Morgan fingerprint density at radius 1 is 1.19 bits per heavy atom. The summed E-state index contributed by atoms with van der Waals surface area (Å²) in [4.78, 5) is 16.9. The Morgan fingerprint density at radius 2 is 2.00 bits per heavy atom. The van der Waals surface area contributed by atoms with E-state index in [0.29, 0.717) is 33.8 Å². The van der Waals surface area contributed by atoms with E-state index in [1.165, 1.54) is 6.21 Å². The number of hydrogen-bond acceptors (Lipinski definition) is 5. The van der Waals surface area contributed by atoms with E-state index in [4.69, 9.17) is 37.5 Å². The lowest BCUT2D eigenvalue weighted by Gasteiger charge is -2.09. The summed E-state index contributed by atoms with van der Waals surface area (Å²) in [5.74, 6) is 0.825. The van der Waals surface area contributed by atoms with Gasteiger partial charge < -0.3 is 19.6 Å². The lowest BCUT2D eigenvalue weighted by atomic mass is 10.2. The van der Waals surface area contributed by atoms with Gasteiger partial charge in [0.05, 0.1) is 30.6 Å². The molecule has 8 heteroatoms. The molecule has 0 radical (unpaired) electrons. The highest BCUT2D eigenvalue weighted by Gasteiger charge is 2.07. The number of ether oxygens (including phenoxy) is 2. The molecule has 0 aliphatic rings. The molecule has 138 valence electrons. The maximum absolute atomic E-state index is 11.9. The van der Waals surface area contributed by atoms with Crippen molar-refractivity contribution in [3.63, 3.8) is 0 Å². The number of hydrogen-bond donors (Lipinski definition) is 1. The summed E-state index contributed by atoms with van der Waals surface area (Å²) < 4.78 is 10.7. The zero-order valence-corrected chi connectivity index (χ0v) is 15.8. The Morgan fingerprint density at radius 3 is 2.73 bits per heavy atom. The van der Waals surface area contributed by atoms with Gasteiger partial charge in [-0.25, -0.2) is 0 Å². The lowest BCUT2D eigenvalue weighted by Crippen LogP contribution is -2.17. The Labute approximate surface area is 161 Å². The molecular formula is C18H18Cl2N2O4. The molecule has 0 aromatic heterocycles. The van der Waals surface area contributed by atoms with E-state index < -0.39 is 5.91 Å². The number of nitrogens with zero attached hydrogens (tertiary/aromatic N) is 1. The summed E-state index contributed by atoms with van der Waals surface area (Å²) in [6.45, 7) is 2.16. The SMILES string of the molecule is CCOc1ccc(/C=N\OCC(=O)Nc2cc(Cl)ccc2Cl)cc1OC. The molecule has 0 atom stereocenters. The number of carbonyl (C=O) groups excluding carboxylic acids is 1. The molecule has 0 unspecified atom stereocenters. The molecular weight excluding hydrogens is 379 g/mol. The smallest absolute Gasteiger partial charge is 0.265 e.